The number of thiocarbonyl (C=S) groups is 1. The van der Waals surface area contributed by atoms with Crippen molar-refractivity contribution in [3.63, 3.8) is 0 Å². The van der Waals surface area contributed by atoms with Crippen molar-refractivity contribution in [1.82, 2.24) is 5.32 Å². The van der Waals surface area contributed by atoms with Crippen LogP contribution in [0, 0.1) is 11.2 Å². The summed E-state index contributed by atoms with van der Waals surface area (Å²) in [6, 6.07) is 4.89. The van der Waals surface area contributed by atoms with Crippen LogP contribution in [0.25, 0.3) is 0 Å². The van der Waals surface area contributed by atoms with Crippen LogP contribution in [0.2, 0.25) is 0 Å². The molecule has 0 aromatic heterocycles. The molecule has 164 valence electrons. The van der Waals surface area contributed by atoms with Gasteiger partial charge in [0.15, 0.2) is 5.79 Å². The highest BCUT2D eigenvalue weighted by atomic mass is 32.1. The lowest BCUT2D eigenvalue weighted by Crippen LogP contribution is -2.58. The zero-order valence-corrected chi connectivity index (χ0v) is 18.4. The van der Waals surface area contributed by atoms with Gasteiger partial charge in [-0.15, -0.1) is 0 Å². The Morgan fingerprint density at radius 3 is 2.70 bits per heavy atom. The molecule has 0 radical (unpaired) electrons. The fraction of sp³-hybridized carbons (Fsp3) is 0.619. The standard InChI is InChI=1S/C21H28FN3O4S/c1-14(30)23-11-16-12-25(19(26)29-16)15-4-5-18(17(22)10-15)24-7-6-21(20(2,3)13-24)27-8-9-28-21/h4-5,10,16H,6-9,11-13H2,1-3H3,(H,23,30)/t16-/m0/s1. The lowest BCUT2D eigenvalue weighted by Gasteiger charge is -2.50. The molecule has 0 saturated carbocycles. The maximum Gasteiger partial charge on any atom is 0.414 e. The van der Waals surface area contributed by atoms with E-state index in [1.165, 1.54) is 11.0 Å². The Bertz CT molecular complexity index is 844. The minimum atomic E-state index is -0.594. The fourth-order valence-electron chi connectivity index (χ4n) is 4.51. The van der Waals surface area contributed by atoms with Gasteiger partial charge in [0.25, 0.3) is 0 Å². The molecule has 9 heteroatoms. The van der Waals surface area contributed by atoms with E-state index >= 15 is 4.39 Å². The molecule has 1 atom stereocenters. The van der Waals surface area contributed by atoms with E-state index in [9.17, 15) is 4.79 Å². The number of benzene rings is 1. The molecular weight excluding hydrogens is 409 g/mol. The predicted octanol–water partition coefficient (Wildman–Crippen LogP) is 3.07. The molecule has 7 nitrogen and oxygen atoms in total. The van der Waals surface area contributed by atoms with E-state index in [1.807, 2.05) is 4.90 Å². The van der Waals surface area contributed by atoms with E-state index < -0.39 is 11.9 Å². The highest BCUT2D eigenvalue weighted by Crippen LogP contribution is 2.46. The van der Waals surface area contributed by atoms with Crippen LogP contribution in [0.3, 0.4) is 0 Å². The van der Waals surface area contributed by atoms with Gasteiger partial charge >= 0.3 is 6.09 Å². The van der Waals surface area contributed by atoms with Gasteiger partial charge in [0, 0.05) is 24.9 Å². The largest absolute Gasteiger partial charge is 0.442 e. The van der Waals surface area contributed by atoms with Gasteiger partial charge in [-0.05, 0) is 25.1 Å². The van der Waals surface area contributed by atoms with Crippen LogP contribution < -0.4 is 15.1 Å². The van der Waals surface area contributed by atoms with E-state index in [2.05, 4.69) is 19.2 Å². The third-order valence-electron chi connectivity index (χ3n) is 6.12. The predicted molar refractivity (Wildman–Crippen MR) is 116 cm³/mol. The van der Waals surface area contributed by atoms with Gasteiger partial charge in [-0.2, -0.15) is 0 Å². The summed E-state index contributed by atoms with van der Waals surface area (Å²) in [6.45, 7) is 9.18. The lowest BCUT2D eigenvalue weighted by atomic mass is 9.77. The van der Waals surface area contributed by atoms with Gasteiger partial charge in [-0.25, -0.2) is 9.18 Å². The number of carbonyl (C=O) groups is 1. The van der Waals surface area contributed by atoms with Crippen LogP contribution in [0.1, 0.15) is 27.2 Å². The molecule has 0 bridgehead atoms. The Hall–Kier alpha value is -1.97. The molecule has 1 spiro atoms. The molecule has 4 rings (SSSR count). The Morgan fingerprint density at radius 2 is 2.07 bits per heavy atom. The topological polar surface area (TPSA) is 63.3 Å². The maximum absolute atomic E-state index is 15.1. The summed E-state index contributed by atoms with van der Waals surface area (Å²) in [5, 5.41) is 3.00. The SMILES string of the molecule is CC(=S)NC[C@H]1CN(c2ccc(N3CCC4(OCCO4)C(C)(C)C3)c(F)c2)C(=O)O1. The van der Waals surface area contributed by atoms with Crippen molar-refractivity contribution >= 4 is 34.7 Å². The number of nitrogens with one attached hydrogen (secondary N) is 1. The van der Waals surface area contributed by atoms with Gasteiger partial charge in [0.1, 0.15) is 11.9 Å². The van der Waals surface area contributed by atoms with Crippen molar-refractivity contribution in [2.45, 2.75) is 39.1 Å². The Balaban J connectivity index is 1.46. The molecule has 0 unspecified atom stereocenters. The van der Waals surface area contributed by atoms with E-state index in [-0.39, 0.29) is 17.3 Å². The van der Waals surface area contributed by atoms with E-state index in [1.54, 1.807) is 19.1 Å². The number of halogens is 1. The summed E-state index contributed by atoms with van der Waals surface area (Å²) >= 11 is 4.99. The molecule has 1 N–H and O–H groups in total. The van der Waals surface area contributed by atoms with Crippen molar-refractivity contribution in [2.75, 3.05) is 49.2 Å². The third kappa shape index (κ3) is 3.86. The molecule has 30 heavy (non-hydrogen) atoms. The Labute approximate surface area is 181 Å². The number of nitrogens with zero attached hydrogens (tertiary/aromatic N) is 2. The molecule has 3 heterocycles. The zero-order valence-electron chi connectivity index (χ0n) is 17.6. The minimum absolute atomic E-state index is 0.286. The molecule has 1 amide bonds. The first kappa shape index (κ1) is 21.3. The monoisotopic (exact) mass is 437 g/mol. The van der Waals surface area contributed by atoms with Crippen molar-refractivity contribution in [3.8, 4) is 0 Å². The first-order chi connectivity index (χ1) is 14.2. The van der Waals surface area contributed by atoms with Gasteiger partial charge in [-0.1, -0.05) is 26.1 Å². The van der Waals surface area contributed by atoms with Crippen molar-refractivity contribution in [2.24, 2.45) is 5.41 Å². The highest BCUT2D eigenvalue weighted by Gasteiger charge is 2.53. The second kappa shape index (κ2) is 7.94. The Kier molecular flexibility index (Phi) is 5.63. The first-order valence-electron chi connectivity index (χ1n) is 10.3. The van der Waals surface area contributed by atoms with Gasteiger partial charge in [-0.3, -0.25) is 4.90 Å². The van der Waals surface area contributed by atoms with Crippen molar-refractivity contribution in [3.05, 3.63) is 24.0 Å². The zero-order chi connectivity index (χ0) is 21.5. The second-order valence-electron chi connectivity index (χ2n) is 8.69. The summed E-state index contributed by atoms with van der Waals surface area (Å²) in [5.41, 5.74) is 0.714. The fourth-order valence-corrected chi connectivity index (χ4v) is 4.59. The molecular formula is C21H28FN3O4S. The molecule has 3 saturated heterocycles. The lowest BCUT2D eigenvalue weighted by molar-refractivity contribution is -0.235. The van der Waals surface area contributed by atoms with E-state index in [0.29, 0.717) is 62.2 Å². The summed E-state index contributed by atoms with van der Waals surface area (Å²) in [7, 11) is 0. The number of hydrogen-bond donors (Lipinski definition) is 1. The normalized spacial score (nSPS) is 24.9. The summed E-state index contributed by atoms with van der Waals surface area (Å²) in [6.07, 6.45) is -0.135. The average Bonchev–Trinajstić information content (AvgIpc) is 3.30. The van der Waals surface area contributed by atoms with Crippen LogP contribution in [0.4, 0.5) is 20.6 Å². The number of hydrogen-bond acceptors (Lipinski definition) is 6. The number of anilines is 2. The summed E-state index contributed by atoms with van der Waals surface area (Å²) < 4.78 is 32.3. The first-order valence-corrected chi connectivity index (χ1v) is 10.7. The molecule has 3 fully saturated rings. The Morgan fingerprint density at radius 1 is 1.33 bits per heavy atom. The molecule has 0 aliphatic carbocycles. The van der Waals surface area contributed by atoms with Gasteiger partial charge < -0.3 is 24.4 Å². The number of carbonyl (C=O) groups excluding carboxylic acids is 1. The van der Waals surface area contributed by atoms with Crippen molar-refractivity contribution < 1.29 is 23.4 Å². The van der Waals surface area contributed by atoms with Gasteiger partial charge in [0.05, 0.1) is 42.7 Å². The minimum Gasteiger partial charge on any atom is -0.442 e. The summed E-state index contributed by atoms with van der Waals surface area (Å²) in [4.78, 5) is 16.3. The van der Waals surface area contributed by atoms with Crippen LogP contribution in [-0.2, 0) is 14.2 Å². The molecule has 3 aliphatic rings. The number of amides is 1. The van der Waals surface area contributed by atoms with Crippen molar-refractivity contribution in [1.29, 1.82) is 0 Å². The number of piperidine rings is 1. The smallest absolute Gasteiger partial charge is 0.414 e. The second-order valence-corrected chi connectivity index (χ2v) is 9.31. The molecule has 1 aromatic rings. The molecule has 1 aromatic carbocycles. The maximum atomic E-state index is 15.1. The van der Waals surface area contributed by atoms with Crippen LogP contribution >= 0.6 is 12.2 Å². The van der Waals surface area contributed by atoms with E-state index in [0.717, 1.165) is 0 Å². The van der Waals surface area contributed by atoms with E-state index in [4.69, 9.17) is 26.4 Å². The van der Waals surface area contributed by atoms with Crippen LogP contribution in [0.15, 0.2) is 18.2 Å². The number of rotatable bonds is 4. The number of cyclic esters (lactones) is 1. The van der Waals surface area contributed by atoms with Crippen LogP contribution in [-0.4, -0.2) is 62.4 Å². The molecule has 3 aliphatic heterocycles. The quantitative estimate of drug-likeness (QED) is 0.727. The number of ether oxygens (including phenoxy) is 3. The average molecular weight is 438 g/mol. The summed E-state index contributed by atoms with van der Waals surface area (Å²) in [5.74, 6) is -0.958. The third-order valence-corrected chi connectivity index (χ3v) is 6.26. The highest BCUT2D eigenvalue weighted by molar-refractivity contribution is 7.80. The van der Waals surface area contributed by atoms with Crippen LogP contribution in [0.5, 0.6) is 0 Å². The van der Waals surface area contributed by atoms with Gasteiger partial charge in [0.2, 0.25) is 0 Å².